The van der Waals surface area contributed by atoms with Crippen molar-refractivity contribution in [3.05, 3.63) is 59.2 Å². The first kappa shape index (κ1) is 17.7. The number of fused-ring (bicyclic) bond motifs is 1. The third kappa shape index (κ3) is 2.90. The number of nitrogens with zero attached hydrogens (tertiary/aromatic N) is 3. The van der Waals surface area contributed by atoms with Crippen LogP contribution in [-0.2, 0) is 17.9 Å². The Morgan fingerprint density at radius 1 is 0.800 bits per heavy atom. The molecule has 6 nitrogen and oxygen atoms in total. The van der Waals surface area contributed by atoms with Crippen molar-refractivity contribution >= 4 is 17.8 Å². The van der Waals surface area contributed by atoms with Crippen molar-refractivity contribution in [2.45, 2.75) is 50.9 Å². The van der Waals surface area contributed by atoms with E-state index < -0.39 is 0 Å². The van der Waals surface area contributed by atoms with Crippen LogP contribution in [0.5, 0.6) is 0 Å². The number of imide groups is 1. The summed E-state index contributed by atoms with van der Waals surface area (Å²) in [5.41, 5.74) is 5.13. The molecule has 2 aliphatic carbocycles. The molecule has 30 heavy (non-hydrogen) atoms. The lowest BCUT2D eigenvalue weighted by Gasteiger charge is -2.17. The third-order valence-electron chi connectivity index (χ3n) is 6.57. The van der Waals surface area contributed by atoms with E-state index in [1.165, 1.54) is 4.90 Å². The second-order valence-corrected chi connectivity index (χ2v) is 8.87. The van der Waals surface area contributed by atoms with Crippen LogP contribution in [0.15, 0.2) is 42.5 Å². The second kappa shape index (κ2) is 6.42. The Kier molecular flexibility index (Phi) is 3.79. The molecule has 2 aliphatic heterocycles. The molecule has 4 amide bonds. The van der Waals surface area contributed by atoms with Crippen molar-refractivity contribution in [3.8, 4) is 11.1 Å². The highest BCUT2D eigenvalue weighted by molar-refractivity contribution is 6.02. The van der Waals surface area contributed by atoms with E-state index in [9.17, 15) is 14.4 Å². The van der Waals surface area contributed by atoms with Gasteiger partial charge in [-0.2, -0.15) is 0 Å². The van der Waals surface area contributed by atoms with Gasteiger partial charge in [-0.3, -0.25) is 14.5 Å². The van der Waals surface area contributed by atoms with Crippen molar-refractivity contribution in [1.82, 2.24) is 14.7 Å². The van der Waals surface area contributed by atoms with Crippen LogP contribution in [0.1, 0.15) is 47.2 Å². The van der Waals surface area contributed by atoms with Gasteiger partial charge in [-0.1, -0.05) is 30.3 Å². The number of carbonyl (C=O) groups excluding carboxylic acids is 3. The minimum Gasteiger partial charge on any atom is -0.331 e. The number of carbonyl (C=O) groups is 3. The van der Waals surface area contributed by atoms with Gasteiger partial charge in [0.15, 0.2) is 0 Å². The molecule has 0 spiro atoms. The monoisotopic (exact) mass is 401 g/mol. The number of rotatable bonds is 5. The van der Waals surface area contributed by atoms with Crippen LogP contribution in [0.2, 0.25) is 0 Å². The average molecular weight is 401 g/mol. The molecule has 2 heterocycles. The maximum atomic E-state index is 12.5. The minimum absolute atomic E-state index is 0.0768. The summed E-state index contributed by atoms with van der Waals surface area (Å²) in [7, 11) is 0. The first-order valence-corrected chi connectivity index (χ1v) is 10.7. The van der Waals surface area contributed by atoms with Crippen molar-refractivity contribution in [2.75, 3.05) is 6.54 Å². The Balaban J connectivity index is 1.17. The average Bonchev–Trinajstić information content (AvgIpc) is 3.67. The predicted octanol–water partition coefficient (Wildman–Crippen LogP) is 3.40. The highest BCUT2D eigenvalue weighted by Crippen LogP contribution is 2.36. The highest BCUT2D eigenvalue weighted by Gasteiger charge is 2.44. The van der Waals surface area contributed by atoms with E-state index in [0.29, 0.717) is 19.1 Å². The van der Waals surface area contributed by atoms with Crippen LogP contribution in [-0.4, -0.2) is 51.2 Å². The third-order valence-corrected chi connectivity index (χ3v) is 6.57. The maximum Gasteiger partial charge on any atom is 0.327 e. The van der Waals surface area contributed by atoms with Crippen LogP contribution in [0.4, 0.5) is 4.79 Å². The molecule has 6 heteroatoms. The van der Waals surface area contributed by atoms with Crippen molar-refractivity contribution in [3.63, 3.8) is 0 Å². The number of hydrogen-bond donors (Lipinski definition) is 0. The predicted molar refractivity (Wildman–Crippen MR) is 110 cm³/mol. The van der Waals surface area contributed by atoms with Crippen LogP contribution >= 0.6 is 0 Å². The summed E-state index contributed by atoms with van der Waals surface area (Å²) < 4.78 is 0. The second-order valence-electron chi connectivity index (χ2n) is 8.87. The molecule has 2 aromatic rings. The molecule has 0 radical (unpaired) electrons. The van der Waals surface area contributed by atoms with E-state index in [0.717, 1.165) is 53.5 Å². The first-order valence-electron chi connectivity index (χ1n) is 10.7. The van der Waals surface area contributed by atoms with Crippen LogP contribution in [0.3, 0.4) is 0 Å². The summed E-state index contributed by atoms with van der Waals surface area (Å²) in [5, 5.41) is 0. The number of amides is 4. The smallest absolute Gasteiger partial charge is 0.327 e. The fourth-order valence-electron chi connectivity index (χ4n) is 4.61. The summed E-state index contributed by atoms with van der Waals surface area (Å²) in [6.45, 7) is 1.34. The van der Waals surface area contributed by atoms with E-state index in [4.69, 9.17) is 0 Å². The lowest BCUT2D eigenvalue weighted by molar-refractivity contribution is -0.125. The fourth-order valence-corrected chi connectivity index (χ4v) is 4.61. The quantitative estimate of drug-likeness (QED) is 0.722. The lowest BCUT2D eigenvalue weighted by Crippen LogP contribution is -2.34. The number of benzene rings is 2. The topological polar surface area (TPSA) is 60.9 Å². The molecular formula is C24H23N3O3. The summed E-state index contributed by atoms with van der Waals surface area (Å²) in [5.74, 6) is 0.0894. The van der Waals surface area contributed by atoms with E-state index in [1.54, 1.807) is 4.90 Å². The zero-order chi connectivity index (χ0) is 20.4. The Hall–Kier alpha value is -3.15. The van der Waals surface area contributed by atoms with Gasteiger partial charge >= 0.3 is 6.03 Å². The molecule has 1 saturated heterocycles. The largest absolute Gasteiger partial charge is 0.331 e. The highest BCUT2D eigenvalue weighted by atomic mass is 16.2. The van der Waals surface area contributed by atoms with Crippen molar-refractivity contribution in [1.29, 1.82) is 0 Å². The molecular weight excluding hydrogens is 378 g/mol. The number of urea groups is 1. The van der Waals surface area contributed by atoms with Gasteiger partial charge in [0.1, 0.15) is 6.54 Å². The molecule has 2 aromatic carbocycles. The molecule has 152 valence electrons. The van der Waals surface area contributed by atoms with Gasteiger partial charge in [0, 0.05) is 30.7 Å². The Bertz CT molecular complexity index is 1070. The zero-order valence-corrected chi connectivity index (χ0v) is 16.7. The Morgan fingerprint density at radius 2 is 1.50 bits per heavy atom. The van der Waals surface area contributed by atoms with Gasteiger partial charge in [0.05, 0.1) is 0 Å². The molecule has 2 saturated carbocycles. The van der Waals surface area contributed by atoms with Gasteiger partial charge < -0.3 is 9.80 Å². The molecule has 0 bridgehead atoms. The summed E-state index contributed by atoms with van der Waals surface area (Å²) in [6.07, 6.45) is 4.12. The summed E-state index contributed by atoms with van der Waals surface area (Å²) in [4.78, 5) is 42.2. The van der Waals surface area contributed by atoms with Crippen LogP contribution in [0, 0.1) is 0 Å². The van der Waals surface area contributed by atoms with Gasteiger partial charge in [0.2, 0.25) is 0 Å². The van der Waals surface area contributed by atoms with E-state index in [1.807, 2.05) is 41.3 Å². The van der Waals surface area contributed by atoms with Crippen molar-refractivity contribution < 1.29 is 14.4 Å². The Labute approximate surface area is 175 Å². The molecule has 6 rings (SSSR count). The van der Waals surface area contributed by atoms with Crippen molar-refractivity contribution in [2.24, 2.45) is 0 Å². The summed E-state index contributed by atoms with van der Waals surface area (Å²) >= 11 is 0. The minimum atomic E-state index is -0.157. The lowest BCUT2D eigenvalue weighted by atomic mass is 9.99. The molecule has 0 unspecified atom stereocenters. The van der Waals surface area contributed by atoms with E-state index in [2.05, 4.69) is 6.07 Å². The van der Waals surface area contributed by atoms with E-state index >= 15 is 0 Å². The van der Waals surface area contributed by atoms with Gasteiger partial charge in [-0.05, 0) is 60.1 Å². The van der Waals surface area contributed by atoms with Gasteiger partial charge in [0.25, 0.3) is 11.8 Å². The molecule has 4 aliphatic rings. The Morgan fingerprint density at radius 3 is 2.20 bits per heavy atom. The maximum absolute atomic E-state index is 12.5. The molecule has 0 N–H and O–H groups in total. The van der Waals surface area contributed by atoms with Crippen LogP contribution < -0.4 is 0 Å². The molecule has 0 aromatic heterocycles. The zero-order valence-electron chi connectivity index (χ0n) is 16.7. The first-order chi connectivity index (χ1) is 14.6. The molecule has 3 fully saturated rings. The summed E-state index contributed by atoms with van der Waals surface area (Å²) in [6, 6.07) is 14.6. The normalized spacial score (nSPS) is 21.1. The SMILES string of the molecule is O=C1c2ccc(-c3ccc(CN4CC(=O)N(C5CC5)C4=O)cc3)cc2CN1C1CC1. The standard InChI is InChI=1S/C24H23N3O3/c28-22-14-25(24(30)27(22)20-8-9-20)12-15-1-3-16(4-2-15)17-5-10-21-18(11-17)13-26(23(21)29)19-6-7-19/h1-5,10-11,19-20H,6-9,12-14H2. The number of hydrogen-bond acceptors (Lipinski definition) is 3. The van der Waals surface area contributed by atoms with Gasteiger partial charge in [-0.25, -0.2) is 4.79 Å². The van der Waals surface area contributed by atoms with Crippen LogP contribution in [0.25, 0.3) is 11.1 Å². The van der Waals surface area contributed by atoms with Gasteiger partial charge in [-0.15, -0.1) is 0 Å². The molecule has 0 atom stereocenters. The fraction of sp³-hybridized carbons (Fsp3) is 0.375. The van der Waals surface area contributed by atoms with E-state index in [-0.39, 0.29) is 30.4 Å².